The van der Waals surface area contributed by atoms with E-state index in [9.17, 15) is 5.11 Å². The number of anilines is 2. The second kappa shape index (κ2) is 12.4. The Hall–Kier alpha value is -3.05. The average Bonchev–Trinajstić information content (AvgIpc) is 3.04. The number of nitrogens with zero attached hydrogens (tertiary/aromatic N) is 6. The van der Waals surface area contributed by atoms with Crippen molar-refractivity contribution in [3.63, 3.8) is 0 Å². The van der Waals surface area contributed by atoms with Crippen molar-refractivity contribution in [1.82, 2.24) is 19.9 Å². The summed E-state index contributed by atoms with van der Waals surface area (Å²) < 4.78 is 16.7. The topological polar surface area (TPSA) is 96.3 Å². The van der Waals surface area contributed by atoms with Gasteiger partial charge in [0.2, 0.25) is 5.95 Å². The molecule has 0 bridgehead atoms. The minimum absolute atomic E-state index is 0.103. The van der Waals surface area contributed by atoms with Crippen LogP contribution in [0.5, 0.6) is 5.75 Å². The summed E-state index contributed by atoms with van der Waals surface area (Å²) in [6, 6.07) is 11.1. The third kappa shape index (κ3) is 5.83. The second-order valence-corrected chi connectivity index (χ2v) is 11.4. The minimum atomic E-state index is -0.103. The second-order valence-electron chi connectivity index (χ2n) is 11.4. The highest BCUT2D eigenvalue weighted by Gasteiger charge is 2.30. The van der Waals surface area contributed by atoms with Gasteiger partial charge < -0.3 is 34.0 Å². The number of morpholine rings is 1. The van der Waals surface area contributed by atoms with Gasteiger partial charge in [-0.25, -0.2) is 4.98 Å². The summed E-state index contributed by atoms with van der Waals surface area (Å²) in [5, 5.41) is 10.8. The number of hydrogen-bond acceptors (Lipinski definition) is 10. The summed E-state index contributed by atoms with van der Waals surface area (Å²) in [5.74, 6) is 2.29. The van der Waals surface area contributed by atoms with E-state index >= 15 is 0 Å². The molecule has 3 saturated heterocycles. The van der Waals surface area contributed by atoms with Crippen LogP contribution < -0.4 is 14.5 Å². The molecule has 3 aromatic rings. The quantitative estimate of drug-likeness (QED) is 0.461. The molecule has 6 rings (SSSR count). The van der Waals surface area contributed by atoms with Crippen molar-refractivity contribution >= 4 is 22.8 Å². The first kappa shape index (κ1) is 28.1. The smallest absolute Gasteiger partial charge is 0.229 e. The summed E-state index contributed by atoms with van der Waals surface area (Å²) in [7, 11) is 3.74. The number of aliphatic hydroxyl groups excluding tert-OH is 1. The zero-order chi connectivity index (χ0) is 28.3. The van der Waals surface area contributed by atoms with E-state index in [4.69, 9.17) is 29.2 Å². The van der Waals surface area contributed by atoms with Gasteiger partial charge in [-0.05, 0) is 62.9 Å². The van der Waals surface area contributed by atoms with Gasteiger partial charge in [-0.1, -0.05) is 0 Å². The number of methoxy groups -OCH3 is 1. The summed E-state index contributed by atoms with van der Waals surface area (Å²) in [4.78, 5) is 22.5. The Labute approximate surface area is 242 Å². The van der Waals surface area contributed by atoms with Crippen molar-refractivity contribution < 1.29 is 19.3 Å². The molecule has 1 atom stereocenters. The maximum atomic E-state index is 9.86. The zero-order valence-corrected chi connectivity index (χ0v) is 24.5. The van der Waals surface area contributed by atoms with Crippen molar-refractivity contribution in [2.75, 3.05) is 70.0 Å². The van der Waals surface area contributed by atoms with E-state index in [1.165, 1.54) is 0 Å². The van der Waals surface area contributed by atoms with Crippen LogP contribution in [0.2, 0.25) is 0 Å². The van der Waals surface area contributed by atoms with Crippen LogP contribution in [0, 0.1) is 0 Å². The lowest BCUT2D eigenvalue weighted by Gasteiger charge is -2.41. The molecule has 0 aliphatic carbocycles. The number of fused-ring (bicyclic) bond motifs is 1. The number of aromatic nitrogens is 3. The number of piperidine rings is 1. The third-order valence-electron chi connectivity index (χ3n) is 8.98. The van der Waals surface area contributed by atoms with Crippen LogP contribution >= 0.6 is 0 Å². The van der Waals surface area contributed by atoms with E-state index in [2.05, 4.69) is 34.7 Å². The van der Waals surface area contributed by atoms with Gasteiger partial charge in [0.1, 0.15) is 11.6 Å². The molecular weight excluding hydrogens is 520 g/mol. The number of rotatable bonds is 7. The first-order valence-electron chi connectivity index (χ1n) is 14.9. The number of ether oxygens (including phenoxy) is 3. The molecule has 5 heterocycles. The number of benzene rings is 1. The van der Waals surface area contributed by atoms with Gasteiger partial charge >= 0.3 is 0 Å². The molecule has 41 heavy (non-hydrogen) atoms. The summed E-state index contributed by atoms with van der Waals surface area (Å²) >= 11 is 0. The van der Waals surface area contributed by atoms with Crippen molar-refractivity contribution in [3.05, 3.63) is 35.9 Å². The van der Waals surface area contributed by atoms with Gasteiger partial charge in [0.25, 0.3) is 0 Å². The molecule has 1 unspecified atom stereocenters. The first-order chi connectivity index (χ1) is 20.1. The van der Waals surface area contributed by atoms with Crippen LogP contribution in [-0.2, 0) is 16.1 Å². The van der Waals surface area contributed by atoms with Crippen LogP contribution in [0.1, 0.15) is 38.2 Å². The van der Waals surface area contributed by atoms with Crippen molar-refractivity contribution in [2.24, 2.45) is 0 Å². The highest BCUT2D eigenvalue weighted by atomic mass is 16.5. The maximum Gasteiger partial charge on any atom is 0.229 e. The number of likely N-dealkylation sites (tertiary alicyclic amines) is 1. The molecule has 1 N–H and O–H groups in total. The molecule has 10 heteroatoms. The molecule has 3 aliphatic rings. The molecule has 0 amide bonds. The highest BCUT2D eigenvalue weighted by molar-refractivity contribution is 5.90. The first-order valence-corrected chi connectivity index (χ1v) is 14.9. The zero-order valence-electron chi connectivity index (χ0n) is 24.5. The molecule has 220 valence electrons. The Morgan fingerprint density at radius 1 is 0.976 bits per heavy atom. The number of pyridine rings is 1. The van der Waals surface area contributed by atoms with Crippen LogP contribution in [-0.4, -0.2) is 103 Å². The van der Waals surface area contributed by atoms with E-state index in [0.717, 1.165) is 86.6 Å². The number of aliphatic hydroxyl groups is 1. The Bertz CT molecular complexity index is 1340. The Balaban J connectivity index is 1.33. The molecule has 0 spiro atoms. The highest BCUT2D eigenvalue weighted by Crippen LogP contribution is 2.33. The third-order valence-corrected chi connectivity index (χ3v) is 8.98. The van der Waals surface area contributed by atoms with Crippen LogP contribution in [0.4, 0.5) is 11.8 Å². The fourth-order valence-corrected chi connectivity index (χ4v) is 6.48. The van der Waals surface area contributed by atoms with Gasteiger partial charge in [0.15, 0.2) is 5.65 Å². The Morgan fingerprint density at radius 3 is 2.51 bits per heavy atom. The number of hydrogen-bond donors (Lipinski definition) is 1. The lowest BCUT2D eigenvalue weighted by Crippen LogP contribution is -2.49. The lowest BCUT2D eigenvalue weighted by atomic mass is 9.99. The summed E-state index contributed by atoms with van der Waals surface area (Å²) in [6.45, 7) is 8.14. The summed E-state index contributed by atoms with van der Waals surface area (Å²) in [5.41, 5.74) is 3.11. The molecule has 2 aromatic heterocycles. The van der Waals surface area contributed by atoms with Crippen molar-refractivity contribution in [2.45, 2.75) is 57.3 Å². The normalized spacial score (nSPS) is 21.4. The van der Waals surface area contributed by atoms with Gasteiger partial charge in [-0.3, -0.25) is 0 Å². The van der Waals surface area contributed by atoms with Gasteiger partial charge in [0, 0.05) is 63.1 Å². The van der Waals surface area contributed by atoms with Gasteiger partial charge in [-0.15, -0.1) is 0 Å². The molecule has 0 saturated carbocycles. The lowest BCUT2D eigenvalue weighted by molar-refractivity contribution is 0.0252. The van der Waals surface area contributed by atoms with E-state index in [1.54, 1.807) is 7.11 Å². The van der Waals surface area contributed by atoms with E-state index < -0.39 is 0 Å². The fraction of sp³-hybridized carbons (Fsp3) is 0.581. The molecule has 1 aromatic carbocycles. The van der Waals surface area contributed by atoms with E-state index in [0.29, 0.717) is 42.6 Å². The molecule has 3 fully saturated rings. The Morgan fingerprint density at radius 2 is 1.78 bits per heavy atom. The largest absolute Gasteiger partial charge is 0.496 e. The maximum absolute atomic E-state index is 9.86. The molecule has 3 aliphatic heterocycles. The Kier molecular flexibility index (Phi) is 8.52. The van der Waals surface area contributed by atoms with Crippen LogP contribution in [0.25, 0.3) is 22.3 Å². The van der Waals surface area contributed by atoms with Gasteiger partial charge in [0.05, 0.1) is 44.1 Å². The predicted octanol–water partition coefficient (Wildman–Crippen LogP) is 3.50. The molecular formula is C31H42N6O4. The van der Waals surface area contributed by atoms with E-state index in [-0.39, 0.29) is 12.6 Å². The summed E-state index contributed by atoms with van der Waals surface area (Å²) in [6.07, 6.45) is 4.44. The molecule has 0 radical (unpaired) electrons. The van der Waals surface area contributed by atoms with Gasteiger partial charge in [-0.2, -0.15) is 9.97 Å². The van der Waals surface area contributed by atoms with Crippen LogP contribution in [0.15, 0.2) is 30.3 Å². The van der Waals surface area contributed by atoms with Crippen LogP contribution in [0.3, 0.4) is 0 Å². The predicted molar refractivity (Wildman–Crippen MR) is 160 cm³/mol. The minimum Gasteiger partial charge on any atom is -0.496 e. The fourth-order valence-electron chi connectivity index (χ4n) is 6.48. The monoisotopic (exact) mass is 562 g/mol. The van der Waals surface area contributed by atoms with Crippen molar-refractivity contribution in [3.8, 4) is 17.0 Å². The SMILES string of the molecule is COc1ccc(-c2ccc3c(N4CCOCC4C)nc(N(C)C4CCN(C5CCOCC5)CC4)nc3n2)cc1CO. The average molecular weight is 563 g/mol. The standard InChI is InChI=1S/C31H42N6O4/c1-21-20-41-17-14-37(21)30-26-5-6-27(22-4-7-28(39-3)23(18-22)19-38)32-29(26)33-31(34-30)35(2)24-8-12-36(13-9-24)25-10-15-40-16-11-25/h4-7,18,21,24-25,38H,8-17,19-20H2,1-3H3. The molecule has 10 nitrogen and oxygen atoms in total. The van der Waals surface area contributed by atoms with Crippen molar-refractivity contribution in [1.29, 1.82) is 0 Å². The van der Waals surface area contributed by atoms with E-state index in [1.807, 2.05) is 24.3 Å².